The van der Waals surface area contributed by atoms with E-state index in [4.69, 9.17) is 14.6 Å². The molecule has 0 saturated carbocycles. The molecule has 10 heteroatoms. The van der Waals surface area contributed by atoms with E-state index in [1.54, 1.807) is 0 Å². The van der Waals surface area contributed by atoms with E-state index in [0.717, 1.165) is 6.07 Å². The summed E-state index contributed by atoms with van der Waals surface area (Å²) in [7, 11) is 1.22. The van der Waals surface area contributed by atoms with Crippen LogP contribution in [0.3, 0.4) is 0 Å². The predicted molar refractivity (Wildman–Crippen MR) is 72.0 cm³/mol. The van der Waals surface area contributed by atoms with Crippen LogP contribution in [0.1, 0.15) is 5.69 Å². The molecule has 1 aromatic rings. The average molecular weight is 338 g/mol. The maximum Gasteiger partial charge on any atom is 0.433 e. The fourth-order valence-electron chi connectivity index (χ4n) is 2.20. The van der Waals surface area contributed by atoms with E-state index >= 15 is 0 Å². The van der Waals surface area contributed by atoms with Crippen LogP contribution in [0.25, 0.3) is 0 Å². The Balaban J connectivity index is 2.19. The second-order valence-corrected chi connectivity index (χ2v) is 5.06. The van der Waals surface area contributed by atoms with Gasteiger partial charge in [0.25, 0.3) is 0 Å². The van der Waals surface area contributed by atoms with E-state index in [9.17, 15) is 23.4 Å². The van der Waals surface area contributed by atoms with E-state index in [1.807, 2.05) is 0 Å². The number of nitrogens with zero attached hydrogens (tertiary/aromatic N) is 1. The molecule has 4 N–H and O–H groups in total. The summed E-state index contributed by atoms with van der Waals surface area (Å²) in [5.41, 5.74) is -1.15. The van der Waals surface area contributed by atoms with Gasteiger partial charge in [-0.1, -0.05) is 0 Å². The van der Waals surface area contributed by atoms with E-state index in [-0.39, 0.29) is 18.2 Å². The van der Waals surface area contributed by atoms with Crippen LogP contribution in [0.4, 0.5) is 19.0 Å². The van der Waals surface area contributed by atoms with E-state index in [0.29, 0.717) is 0 Å². The summed E-state index contributed by atoms with van der Waals surface area (Å²) >= 11 is 0. The number of methoxy groups -OCH3 is 1. The number of ether oxygens (including phenoxy) is 2. The van der Waals surface area contributed by atoms with Crippen molar-refractivity contribution < 1.29 is 38.0 Å². The molecule has 1 aromatic heterocycles. The molecule has 1 aliphatic heterocycles. The van der Waals surface area contributed by atoms with Gasteiger partial charge in [0.1, 0.15) is 29.9 Å². The second-order valence-electron chi connectivity index (χ2n) is 5.06. The van der Waals surface area contributed by atoms with E-state index in [1.165, 1.54) is 13.2 Å². The third-order valence-electron chi connectivity index (χ3n) is 3.47. The zero-order chi connectivity index (χ0) is 17.2. The summed E-state index contributed by atoms with van der Waals surface area (Å²) in [5, 5.41) is 31.3. The van der Waals surface area contributed by atoms with Crippen molar-refractivity contribution in [3.05, 3.63) is 17.8 Å². The number of aliphatic hydroxyl groups excluding tert-OH is 3. The number of anilines is 1. The second kappa shape index (κ2) is 6.87. The van der Waals surface area contributed by atoms with Crippen molar-refractivity contribution in [1.82, 2.24) is 4.98 Å². The third-order valence-corrected chi connectivity index (χ3v) is 3.47. The highest BCUT2D eigenvalue weighted by Crippen LogP contribution is 2.32. The van der Waals surface area contributed by atoms with Gasteiger partial charge in [0, 0.05) is 12.1 Å². The molecule has 0 bridgehead atoms. The Kier molecular flexibility index (Phi) is 5.30. The summed E-state index contributed by atoms with van der Waals surface area (Å²) in [6, 6.07) is 1.08. The predicted octanol–water partition coefficient (Wildman–Crippen LogP) is 0.00240. The SMILES string of the molecule is COc1cc(N[C@H]2CO[C@H](CO)[C@H](O)[C@@H]2O)nc(C(F)(F)F)c1. The van der Waals surface area contributed by atoms with Crippen molar-refractivity contribution in [2.75, 3.05) is 25.6 Å². The first kappa shape index (κ1) is 17.7. The monoisotopic (exact) mass is 338 g/mol. The summed E-state index contributed by atoms with van der Waals surface area (Å²) in [5.74, 6) is -0.242. The smallest absolute Gasteiger partial charge is 0.433 e. The minimum atomic E-state index is -4.66. The minimum Gasteiger partial charge on any atom is -0.497 e. The molecule has 0 aromatic carbocycles. The summed E-state index contributed by atoms with van der Waals surface area (Å²) in [4.78, 5) is 3.43. The molecule has 7 nitrogen and oxygen atoms in total. The molecule has 2 heterocycles. The van der Waals surface area contributed by atoms with Gasteiger partial charge in [-0.05, 0) is 0 Å². The zero-order valence-electron chi connectivity index (χ0n) is 12.1. The number of halogens is 3. The molecule has 0 radical (unpaired) electrons. The molecule has 0 unspecified atom stereocenters. The number of nitrogens with one attached hydrogen (secondary N) is 1. The van der Waals surface area contributed by atoms with Crippen LogP contribution in [0.5, 0.6) is 5.75 Å². The first-order chi connectivity index (χ1) is 10.8. The number of alkyl halides is 3. The van der Waals surface area contributed by atoms with Crippen LogP contribution in [-0.4, -0.2) is 65.0 Å². The van der Waals surface area contributed by atoms with Gasteiger partial charge < -0.3 is 30.1 Å². The number of aromatic nitrogens is 1. The van der Waals surface area contributed by atoms with Gasteiger partial charge in [0.05, 0.1) is 26.4 Å². The van der Waals surface area contributed by atoms with Crippen molar-refractivity contribution >= 4 is 5.82 Å². The van der Waals surface area contributed by atoms with Gasteiger partial charge in [-0.2, -0.15) is 13.2 Å². The number of hydrogen-bond donors (Lipinski definition) is 4. The standard InChI is InChI=1S/C13H17F3N2O5/c1-22-6-2-9(13(14,15)16)18-10(3-6)17-7-5-23-8(4-19)12(21)11(7)20/h2-3,7-8,11-12,19-21H,4-5H2,1H3,(H,17,18)/t7-,8+,11+,12-/m0/s1. The number of hydrogen-bond acceptors (Lipinski definition) is 7. The molecular formula is C13H17F3N2O5. The summed E-state index contributed by atoms with van der Waals surface area (Å²) < 4.78 is 48.4. The van der Waals surface area contributed by atoms with Crippen molar-refractivity contribution in [3.8, 4) is 5.75 Å². The molecule has 1 saturated heterocycles. The highest BCUT2D eigenvalue weighted by molar-refractivity contribution is 5.44. The molecule has 4 atom stereocenters. The largest absolute Gasteiger partial charge is 0.497 e. The Morgan fingerprint density at radius 1 is 1.35 bits per heavy atom. The normalized spacial score (nSPS) is 28.5. The van der Waals surface area contributed by atoms with Crippen molar-refractivity contribution in [2.45, 2.75) is 30.5 Å². The van der Waals surface area contributed by atoms with Crippen LogP contribution in [0.2, 0.25) is 0 Å². The van der Waals surface area contributed by atoms with Gasteiger partial charge in [0.15, 0.2) is 5.69 Å². The zero-order valence-corrected chi connectivity index (χ0v) is 12.1. The molecule has 1 aliphatic rings. The first-order valence-corrected chi connectivity index (χ1v) is 6.74. The first-order valence-electron chi connectivity index (χ1n) is 6.74. The maximum atomic E-state index is 12.8. The molecule has 1 fully saturated rings. The van der Waals surface area contributed by atoms with Gasteiger partial charge in [-0.25, -0.2) is 4.98 Å². The Morgan fingerprint density at radius 3 is 2.61 bits per heavy atom. The lowest BCUT2D eigenvalue weighted by Gasteiger charge is -2.37. The molecular weight excluding hydrogens is 321 g/mol. The summed E-state index contributed by atoms with van der Waals surface area (Å²) in [6.07, 6.45) is -8.33. The molecule has 0 amide bonds. The Hall–Kier alpha value is -1.62. The summed E-state index contributed by atoms with van der Waals surface area (Å²) in [6.45, 7) is -0.607. The average Bonchev–Trinajstić information content (AvgIpc) is 2.51. The highest BCUT2D eigenvalue weighted by atomic mass is 19.4. The lowest BCUT2D eigenvalue weighted by Crippen LogP contribution is -2.56. The van der Waals surface area contributed by atoms with Gasteiger partial charge in [-0.3, -0.25) is 0 Å². The fourth-order valence-corrected chi connectivity index (χ4v) is 2.20. The van der Waals surface area contributed by atoms with Crippen molar-refractivity contribution in [3.63, 3.8) is 0 Å². The highest BCUT2D eigenvalue weighted by Gasteiger charge is 2.39. The Morgan fingerprint density at radius 2 is 2.04 bits per heavy atom. The molecule has 2 rings (SSSR count). The van der Waals surface area contributed by atoms with Gasteiger partial charge in [0.2, 0.25) is 0 Å². The van der Waals surface area contributed by atoms with Crippen molar-refractivity contribution in [2.24, 2.45) is 0 Å². The maximum absolute atomic E-state index is 12.8. The van der Waals surface area contributed by atoms with Crippen LogP contribution < -0.4 is 10.1 Å². The van der Waals surface area contributed by atoms with Crippen LogP contribution in [-0.2, 0) is 10.9 Å². The molecule has 0 spiro atoms. The Labute approximate surface area is 129 Å². The molecule has 0 aliphatic carbocycles. The molecule has 130 valence electrons. The van der Waals surface area contributed by atoms with Crippen LogP contribution >= 0.6 is 0 Å². The number of rotatable bonds is 4. The fraction of sp³-hybridized carbons (Fsp3) is 0.615. The quantitative estimate of drug-likeness (QED) is 0.613. The third kappa shape index (κ3) is 4.02. The number of aliphatic hydroxyl groups is 3. The van der Waals surface area contributed by atoms with Crippen LogP contribution in [0.15, 0.2) is 12.1 Å². The van der Waals surface area contributed by atoms with Crippen LogP contribution in [0, 0.1) is 0 Å². The topological polar surface area (TPSA) is 104 Å². The number of pyridine rings is 1. The van der Waals surface area contributed by atoms with E-state index in [2.05, 4.69) is 10.3 Å². The lowest BCUT2D eigenvalue weighted by molar-refractivity contribution is -0.152. The Bertz CT molecular complexity index is 543. The molecule has 23 heavy (non-hydrogen) atoms. The van der Waals surface area contributed by atoms with E-state index < -0.39 is 42.8 Å². The van der Waals surface area contributed by atoms with Gasteiger partial charge in [-0.15, -0.1) is 0 Å². The minimum absolute atomic E-state index is 0.0603. The van der Waals surface area contributed by atoms with Crippen molar-refractivity contribution in [1.29, 1.82) is 0 Å². The van der Waals surface area contributed by atoms with Gasteiger partial charge >= 0.3 is 6.18 Å². The lowest BCUT2D eigenvalue weighted by atomic mass is 9.98.